The van der Waals surface area contributed by atoms with E-state index in [1.165, 1.54) is 28.1 Å². The number of carbonyl (C=O) groups is 4. The highest BCUT2D eigenvalue weighted by Crippen LogP contribution is 2.64. The zero-order valence-corrected chi connectivity index (χ0v) is 17.3. The summed E-state index contributed by atoms with van der Waals surface area (Å²) in [5.74, 6) is -2.79. The molecule has 1 saturated carbocycles. The topological polar surface area (TPSA) is 108 Å². The molecule has 1 unspecified atom stereocenters. The quantitative estimate of drug-likeness (QED) is 0.413. The Hall–Kier alpha value is -1.84. The number of rotatable bonds is 6. The molecular formula is C16H17Cl2NO7S. The predicted octanol–water partition coefficient (Wildman–Crippen LogP) is 2.70. The zero-order valence-electron chi connectivity index (χ0n) is 14.9. The summed E-state index contributed by atoms with van der Waals surface area (Å²) in [7, 11) is 2.37. The van der Waals surface area contributed by atoms with E-state index < -0.39 is 40.2 Å². The molecule has 1 aromatic heterocycles. The number of thiophene rings is 1. The second-order valence-electron chi connectivity index (χ2n) is 6.08. The molecule has 8 nitrogen and oxygen atoms in total. The van der Waals surface area contributed by atoms with E-state index in [1.54, 1.807) is 0 Å². The Morgan fingerprint density at radius 3 is 2.19 bits per heavy atom. The van der Waals surface area contributed by atoms with Gasteiger partial charge >= 0.3 is 17.9 Å². The number of hydrogen-bond acceptors (Lipinski definition) is 8. The van der Waals surface area contributed by atoms with E-state index in [0.717, 1.165) is 11.3 Å². The lowest BCUT2D eigenvalue weighted by Crippen LogP contribution is -2.27. The molecule has 1 aliphatic rings. The number of anilines is 1. The van der Waals surface area contributed by atoms with Crippen LogP contribution in [0, 0.1) is 12.3 Å². The Labute approximate surface area is 169 Å². The Balaban J connectivity index is 2.12. The summed E-state index contributed by atoms with van der Waals surface area (Å²) in [4.78, 5) is 48.1. The molecule has 0 aliphatic heterocycles. The molecule has 27 heavy (non-hydrogen) atoms. The molecule has 1 heterocycles. The first-order valence-corrected chi connectivity index (χ1v) is 9.20. The lowest BCUT2D eigenvalue weighted by Gasteiger charge is -2.11. The highest BCUT2D eigenvalue weighted by molar-refractivity contribution is 7.18. The normalized spacial score (nSPS) is 19.8. The van der Waals surface area contributed by atoms with Gasteiger partial charge in [-0.25, -0.2) is 9.59 Å². The van der Waals surface area contributed by atoms with Crippen LogP contribution < -0.4 is 5.32 Å². The van der Waals surface area contributed by atoms with E-state index in [2.05, 4.69) is 14.8 Å². The molecule has 0 saturated heterocycles. The molecular weight excluding hydrogens is 421 g/mol. The van der Waals surface area contributed by atoms with Crippen LogP contribution in [0.5, 0.6) is 0 Å². The highest BCUT2D eigenvalue weighted by Gasteiger charge is 2.69. The molecule has 0 spiro atoms. The maximum Gasteiger partial charge on any atom is 0.348 e. The average molecular weight is 438 g/mol. The SMILES string of the molecule is COC(=O)c1sc(NC(=O)COC(=O)C2(C)CC2(Cl)Cl)c(C(=O)OC)c1C. The van der Waals surface area contributed by atoms with E-state index in [9.17, 15) is 19.2 Å². The van der Waals surface area contributed by atoms with Crippen molar-refractivity contribution >= 4 is 63.4 Å². The maximum atomic E-state index is 12.1. The number of methoxy groups -OCH3 is 2. The van der Waals surface area contributed by atoms with Crippen LogP contribution in [0.15, 0.2) is 0 Å². The van der Waals surface area contributed by atoms with Crippen LogP contribution in [0.25, 0.3) is 0 Å². The van der Waals surface area contributed by atoms with Crippen molar-refractivity contribution in [1.82, 2.24) is 0 Å². The predicted molar refractivity (Wildman–Crippen MR) is 98.5 cm³/mol. The van der Waals surface area contributed by atoms with Gasteiger partial charge in [-0.3, -0.25) is 9.59 Å². The Kier molecular flexibility index (Phi) is 6.08. The fourth-order valence-corrected chi connectivity index (χ4v) is 4.13. The third-order valence-electron chi connectivity index (χ3n) is 4.20. The molecule has 1 amide bonds. The van der Waals surface area contributed by atoms with E-state index in [-0.39, 0.29) is 21.9 Å². The second kappa shape index (κ2) is 7.65. The van der Waals surface area contributed by atoms with Gasteiger partial charge in [-0.05, 0) is 19.4 Å². The Morgan fingerprint density at radius 1 is 1.15 bits per heavy atom. The summed E-state index contributed by atoms with van der Waals surface area (Å²) in [6.07, 6.45) is 0.225. The van der Waals surface area contributed by atoms with Crippen molar-refractivity contribution in [1.29, 1.82) is 0 Å². The summed E-state index contributed by atoms with van der Waals surface area (Å²) in [6.45, 7) is 2.45. The number of ether oxygens (including phenoxy) is 3. The minimum atomic E-state index is -1.21. The number of hydrogen-bond donors (Lipinski definition) is 1. The van der Waals surface area contributed by atoms with Crippen LogP contribution in [0.1, 0.15) is 38.9 Å². The molecule has 148 valence electrons. The average Bonchev–Trinajstić information content (AvgIpc) is 2.97. The lowest BCUT2D eigenvalue weighted by molar-refractivity contribution is -0.152. The fraction of sp³-hybridized carbons (Fsp3) is 0.500. The summed E-state index contributed by atoms with van der Waals surface area (Å²) in [6, 6.07) is 0. The van der Waals surface area contributed by atoms with Crippen LogP contribution in [0.3, 0.4) is 0 Å². The Morgan fingerprint density at radius 2 is 1.70 bits per heavy atom. The molecule has 11 heteroatoms. The summed E-state index contributed by atoms with van der Waals surface area (Å²) >= 11 is 12.6. The molecule has 2 rings (SSSR count). The first-order chi connectivity index (χ1) is 12.5. The van der Waals surface area contributed by atoms with Crippen LogP contribution in [0.4, 0.5) is 5.00 Å². The highest BCUT2D eigenvalue weighted by atomic mass is 35.5. The molecule has 1 aliphatic carbocycles. The number of alkyl halides is 2. The van der Waals surface area contributed by atoms with Gasteiger partial charge in [0, 0.05) is 6.42 Å². The Bertz CT molecular complexity index is 820. The van der Waals surface area contributed by atoms with Crippen LogP contribution >= 0.6 is 34.5 Å². The zero-order chi connectivity index (χ0) is 20.6. The molecule has 0 radical (unpaired) electrons. The van der Waals surface area contributed by atoms with Gasteiger partial charge in [0.1, 0.15) is 19.6 Å². The smallest absolute Gasteiger partial charge is 0.348 e. The number of esters is 3. The van der Waals surface area contributed by atoms with Crippen molar-refractivity contribution < 1.29 is 33.4 Å². The minimum Gasteiger partial charge on any atom is -0.465 e. The van der Waals surface area contributed by atoms with Gasteiger partial charge in [0.25, 0.3) is 5.91 Å². The van der Waals surface area contributed by atoms with E-state index >= 15 is 0 Å². The van der Waals surface area contributed by atoms with Crippen molar-refractivity contribution in [3.8, 4) is 0 Å². The lowest BCUT2D eigenvalue weighted by atomic mass is 10.1. The standard InChI is InChI=1S/C16H17Cl2NO7S/c1-7-9(12(21)24-3)11(27-10(7)13(22)25-4)19-8(20)5-26-14(23)15(2)6-16(15,17)18/h5-6H2,1-4H3,(H,19,20). The van der Waals surface area contributed by atoms with Crippen molar-refractivity contribution in [3.63, 3.8) is 0 Å². The van der Waals surface area contributed by atoms with Gasteiger partial charge in [-0.1, -0.05) is 0 Å². The largest absolute Gasteiger partial charge is 0.465 e. The van der Waals surface area contributed by atoms with Crippen LogP contribution in [-0.4, -0.2) is 49.0 Å². The van der Waals surface area contributed by atoms with Gasteiger partial charge in [-0.2, -0.15) is 0 Å². The monoisotopic (exact) mass is 437 g/mol. The third-order valence-corrected chi connectivity index (χ3v) is 6.49. The summed E-state index contributed by atoms with van der Waals surface area (Å²) in [5.41, 5.74) is -0.728. The van der Waals surface area contributed by atoms with Gasteiger partial charge in [0.15, 0.2) is 6.61 Å². The van der Waals surface area contributed by atoms with Crippen LogP contribution in [-0.2, 0) is 23.8 Å². The number of carbonyl (C=O) groups excluding carboxylic acids is 4. The first kappa shape index (κ1) is 21.5. The fourth-order valence-electron chi connectivity index (χ4n) is 2.31. The number of amides is 1. The van der Waals surface area contributed by atoms with Crippen molar-refractivity contribution in [2.45, 2.75) is 24.6 Å². The van der Waals surface area contributed by atoms with E-state index in [0.29, 0.717) is 5.56 Å². The van der Waals surface area contributed by atoms with E-state index in [1.807, 2.05) is 0 Å². The van der Waals surface area contributed by atoms with Gasteiger partial charge < -0.3 is 19.5 Å². The van der Waals surface area contributed by atoms with E-state index in [4.69, 9.17) is 27.9 Å². The van der Waals surface area contributed by atoms with Crippen molar-refractivity contribution in [2.24, 2.45) is 5.41 Å². The van der Waals surface area contributed by atoms with Crippen molar-refractivity contribution in [2.75, 3.05) is 26.1 Å². The van der Waals surface area contributed by atoms with Gasteiger partial charge in [-0.15, -0.1) is 34.5 Å². The number of halogens is 2. The van der Waals surface area contributed by atoms with Gasteiger partial charge in [0.05, 0.1) is 19.8 Å². The first-order valence-electron chi connectivity index (χ1n) is 7.63. The third kappa shape index (κ3) is 4.04. The summed E-state index contributed by atoms with van der Waals surface area (Å²) < 4.78 is 13.1. The van der Waals surface area contributed by atoms with Gasteiger partial charge in [0.2, 0.25) is 0 Å². The molecule has 0 aromatic carbocycles. The molecule has 0 bridgehead atoms. The van der Waals surface area contributed by atoms with Crippen LogP contribution in [0.2, 0.25) is 0 Å². The second-order valence-corrected chi connectivity index (χ2v) is 8.59. The maximum absolute atomic E-state index is 12.1. The number of nitrogens with one attached hydrogen (secondary N) is 1. The summed E-state index contributed by atoms with van der Waals surface area (Å²) in [5, 5.41) is 2.53. The minimum absolute atomic E-state index is 0.0252. The molecule has 1 fully saturated rings. The molecule has 1 N–H and O–H groups in total. The van der Waals surface area contributed by atoms with Crippen molar-refractivity contribution in [3.05, 3.63) is 16.0 Å². The molecule has 1 atom stereocenters. The molecule has 1 aromatic rings.